The summed E-state index contributed by atoms with van der Waals surface area (Å²) in [7, 11) is -3.54. The molecule has 0 radical (unpaired) electrons. The van der Waals surface area contributed by atoms with Crippen molar-refractivity contribution in [3.8, 4) is 0 Å². The highest BCUT2D eigenvalue weighted by Crippen LogP contribution is 2.22. The summed E-state index contributed by atoms with van der Waals surface area (Å²) in [6.45, 7) is 3.83. The van der Waals surface area contributed by atoms with Gasteiger partial charge in [0.15, 0.2) is 0 Å². The number of carbonyl (C=O) groups excluding carboxylic acids is 1. The predicted molar refractivity (Wildman–Crippen MR) is 94.9 cm³/mol. The van der Waals surface area contributed by atoms with Gasteiger partial charge in [0.25, 0.3) is 5.91 Å². The van der Waals surface area contributed by atoms with Gasteiger partial charge in [-0.3, -0.25) is 4.79 Å². The van der Waals surface area contributed by atoms with E-state index in [-0.39, 0.29) is 35.3 Å². The zero-order chi connectivity index (χ0) is 16.4. The summed E-state index contributed by atoms with van der Waals surface area (Å²) in [4.78, 5) is 12.6. The zero-order valence-corrected chi connectivity index (χ0v) is 15.3. The zero-order valence-electron chi connectivity index (χ0n) is 13.6. The van der Waals surface area contributed by atoms with Gasteiger partial charge in [-0.2, -0.15) is 0 Å². The summed E-state index contributed by atoms with van der Waals surface area (Å²) in [6.07, 6.45) is 2.78. The van der Waals surface area contributed by atoms with Crippen LogP contribution in [-0.2, 0) is 10.0 Å². The Bertz CT molecular complexity index is 692. The summed E-state index contributed by atoms with van der Waals surface area (Å²) < 4.78 is 27.1. The van der Waals surface area contributed by atoms with Crippen molar-refractivity contribution in [2.45, 2.75) is 43.2 Å². The molecular weight excluding hydrogens is 350 g/mol. The van der Waals surface area contributed by atoms with Crippen LogP contribution in [0.25, 0.3) is 0 Å². The molecule has 2 unspecified atom stereocenters. The molecule has 2 atom stereocenters. The van der Waals surface area contributed by atoms with E-state index in [0.29, 0.717) is 11.5 Å². The van der Waals surface area contributed by atoms with Crippen LogP contribution >= 0.6 is 12.4 Å². The van der Waals surface area contributed by atoms with Gasteiger partial charge in [0.1, 0.15) is 0 Å². The Morgan fingerprint density at radius 1 is 1.25 bits per heavy atom. The standard InChI is InChI=1S/C16H23N3O3S.ClH/c1-11-7-8-17-10-15(11)18-16(20)12-3-2-4-14(9-12)23(21,22)19-13-5-6-13;/h2-4,9,11,13,15,17,19H,5-8,10H2,1H3,(H,18,20);1H. The monoisotopic (exact) mass is 373 g/mol. The van der Waals surface area contributed by atoms with Crippen LogP contribution in [0.2, 0.25) is 0 Å². The third kappa shape index (κ3) is 4.69. The Labute approximate surface area is 149 Å². The molecule has 6 nitrogen and oxygen atoms in total. The van der Waals surface area contributed by atoms with E-state index in [0.717, 1.165) is 32.4 Å². The first kappa shape index (κ1) is 19.2. The largest absolute Gasteiger partial charge is 0.348 e. The van der Waals surface area contributed by atoms with E-state index in [4.69, 9.17) is 0 Å². The molecule has 8 heteroatoms. The van der Waals surface area contributed by atoms with Crippen LogP contribution < -0.4 is 15.4 Å². The number of halogens is 1. The second kappa shape index (κ2) is 7.82. The minimum Gasteiger partial charge on any atom is -0.348 e. The number of piperidine rings is 1. The van der Waals surface area contributed by atoms with Crippen molar-refractivity contribution >= 4 is 28.3 Å². The number of carbonyl (C=O) groups is 1. The van der Waals surface area contributed by atoms with E-state index in [2.05, 4.69) is 22.3 Å². The molecule has 1 saturated carbocycles. The first-order valence-corrected chi connectivity index (χ1v) is 9.58. The quantitative estimate of drug-likeness (QED) is 0.725. The molecule has 0 spiro atoms. The summed E-state index contributed by atoms with van der Waals surface area (Å²) in [5.41, 5.74) is 0.376. The van der Waals surface area contributed by atoms with Crippen LogP contribution in [0.4, 0.5) is 0 Å². The molecule has 0 bridgehead atoms. The van der Waals surface area contributed by atoms with Crippen molar-refractivity contribution in [1.29, 1.82) is 0 Å². The average molecular weight is 374 g/mol. The SMILES string of the molecule is CC1CCNCC1NC(=O)c1cccc(S(=O)(=O)NC2CC2)c1.Cl. The normalized spacial score (nSPS) is 24.0. The van der Waals surface area contributed by atoms with Crippen molar-refractivity contribution in [1.82, 2.24) is 15.4 Å². The summed E-state index contributed by atoms with van der Waals surface area (Å²) in [5, 5.41) is 6.27. The molecule has 2 fully saturated rings. The maximum absolute atomic E-state index is 12.4. The Kier molecular flexibility index (Phi) is 6.25. The highest BCUT2D eigenvalue weighted by molar-refractivity contribution is 7.89. The molecule has 1 aliphatic heterocycles. The highest BCUT2D eigenvalue weighted by atomic mass is 35.5. The van der Waals surface area contributed by atoms with Gasteiger partial charge in [0, 0.05) is 24.2 Å². The van der Waals surface area contributed by atoms with Gasteiger partial charge >= 0.3 is 0 Å². The van der Waals surface area contributed by atoms with Crippen molar-refractivity contribution in [3.63, 3.8) is 0 Å². The number of nitrogens with one attached hydrogen (secondary N) is 3. The van der Waals surface area contributed by atoms with E-state index < -0.39 is 10.0 Å². The second-order valence-corrected chi connectivity index (χ2v) is 8.19. The summed E-state index contributed by atoms with van der Waals surface area (Å²) in [5.74, 6) is 0.178. The first-order chi connectivity index (χ1) is 11.0. The lowest BCUT2D eigenvalue weighted by molar-refractivity contribution is 0.0915. The molecule has 1 aromatic rings. The van der Waals surface area contributed by atoms with E-state index in [1.54, 1.807) is 12.1 Å². The van der Waals surface area contributed by atoms with Crippen molar-refractivity contribution in [2.75, 3.05) is 13.1 Å². The van der Waals surface area contributed by atoms with E-state index in [1.165, 1.54) is 12.1 Å². The van der Waals surface area contributed by atoms with Crippen LogP contribution in [0.1, 0.15) is 36.5 Å². The number of hydrogen-bond acceptors (Lipinski definition) is 4. The fraction of sp³-hybridized carbons (Fsp3) is 0.562. The molecule has 24 heavy (non-hydrogen) atoms. The fourth-order valence-electron chi connectivity index (χ4n) is 2.73. The van der Waals surface area contributed by atoms with Crippen molar-refractivity contribution in [2.24, 2.45) is 5.92 Å². The van der Waals surface area contributed by atoms with Crippen molar-refractivity contribution < 1.29 is 13.2 Å². The first-order valence-electron chi connectivity index (χ1n) is 8.10. The molecule has 0 aromatic heterocycles. The van der Waals surface area contributed by atoms with E-state index in [1.807, 2.05) is 0 Å². The molecule has 1 aromatic carbocycles. The Balaban J connectivity index is 0.00000208. The number of rotatable bonds is 5. The third-order valence-corrected chi connectivity index (χ3v) is 5.97. The number of amides is 1. The Morgan fingerprint density at radius 3 is 2.67 bits per heavy atom. The molecular formula is C16H24ClN3O3S. The molecule has 2 aliphatic rings. The molecule has 3 N–H and O–H groups in total. The van der Waals surface area contributed by atoms with Gasteiger partial charge in [-0.15, -0.1) is 12.4 Å². The van der Waals surface area contributed by atoms with Gasteiger partial charge < -0.3 is 10.6 Å². The van der Waals surface area contributed by atoms with Crippen LogP contribution in [0.5, 0.6) is 0 Å². The molecule has 1 heterocycles. The van der Waals surface area contributed by atoms with Crippen LogP contribution in [-0.4, -0.2) is 39.5 Å². The van der Waals surface area contributed by atoms with Crippen LogP contribution in [0.15, 0.2) is 29.2 Å². The molecule has 3 rings (SSSR count). The van der Waals surface area contributed by atoms with Crippen LogP contribution in [0.3, 0.4) is 0 Å². The van der Waals surface area contributed by atoms with E-state index in [9.17, 15) is 13.2 Å². The van der Waals surface area contributed by atoms with Gasteiger partial charge in [0.2, 0.25) is 10.0 Å². The minimum atomic E-state index is -3.54. The molecule has 1 amide bonds. The maximum atomic E-state index is 12.4. The lowest BCUT2D eigenvalue weighted by atomic mass is 9.94. The smallest absolute Gasteiger partial charge is 0.251 e. The maximum Gasteiger partial charge on any atom is 0.251 e. The third-order valence-electron chi connectivity index (χ3n) is 4.45. The molecule has 134 valence electrons. The minimum absolute atomic E-state index is 0. The lowest BCUT2D eigenvalue weighted by Crippen LogP contribution is -2.50. The fourth-order valence-corrected chi connectivity index (χ4v) is 4.08. The average Bonchev–Trinajstić information content (AvgIpc) is 3.33. The Morgan fingerprint density at radius 2 is 2.00 bits per heavy atom. The summed E-state index contributed by atoms with van der Waals surface area (Å²) in [6, 6.07) is 6.34. The van der Waals surface area contributed by atoms with E-state index >= 15 is 0 Å². The molecule has 1 saturated heterocycles. The van der Waals surface area contributed by atoms with Gasteiger partial charge in [-0.25, -0.2) is 13.1 Å². The van der Waals surface area contributed by atoms with Gasteiger partial charge in [-0.1, -0.05) is 13.0 Å². The second-order valence-electron chi connectivity index (χ2n) is 6.47. The number of benzene rings is 1. The number of hydrogen-bond donors (Lipinski definition) is 3. The predicted octanol–water partition coefficient (Wildman–Crippen LogP) is 1.28. The topological polar surface area (TPSA) is 87.3 Å². The van der Waals surface area contributed by atoms with Crippen molar-refractivity contribution in [3.05, 3.63) is 29.8 Å². The lowest BCUT2D eigenvalue weighted by Gasteiger charge is -2.30. The Hall–Kier alpha value is -1.15. The highest BCUT2D eigenvalue weighted by Gasteiger charge is 2.28. The molecule has 1 aliphatic carbocycles. The summed E-state index contributed by atoms with van der Waals surface area (Å²) >= 11 is 0. The van der Waals surface area contributed by atoms with Gasteiger partial charge in [0.05, 0.1) is 4.90 Å². The van der Waals surface area contributed by atoms with Crippen LogP contribution in [0, 0.1) is 5.92 Å². The number of sulfonamides is 1. The van der Waals surface area contributed by atoms with Gasteiger partial charge in [-0.05, 0) is 49.9 Å².